The molecule has 2 heterocycles. The van der Waals surface area contributed by atoms with E-state index in [1.54, 1.807) is 0 Å². The SMILES string of the molecule is CCCc1nn(C)c2c1nc(C(C)Cl)n2C(C)C(C)CC. The van der Waals surface area contributed by atoms with Gasteiger partial charge in [0.2, 0.25) is 0 Å². The molecule has 5 heteroatoms. The molecule has 0 bridgehead atoms. The number of rotatable bonds is 6. The van der Waals surface area contributed by atoms with Crippen LogP contribution in [0.15, 0.2) is 0 Å². The molecule has 0 fully saturated rings. The molecular formula is C16H27ClN4. The van der Waals surface area contributed by atoms with Gasteiger partial charge in [-0.3, -0.25) is 4.68 Å². The summed E-state index contributed by atoms with van der Waals surface area (Å²) < 4.78 is 4.27. The van der Waals surface area contributed by atoms with Gasteiger partial charge in [0.25, 0.3) is 0 Å². The summed E-state index contributed by atoms with van der Waals surface area (Å²) in [4.78, 5) is 4.84. The maximum atomic E-state index is 6.40. The Balaban J connectivity index is 2.68. The van der Waals surface area contributed by atoms with Crippen LogP contribution in [0.4, 0.5) is 0 Å². The van der Waals surface area contributed by atoms with Crippen LogP contribution in [0.3, 0.4) is 0 Å². The molecule has 0 aliphatic heterocycles. The Kier molecular flexibility index (Phi) is 4.97. The smallest absolute Gasteiger partial charge is 0.158 e. The Morgan fingerprint density at radius 1 is 1.19 bits per heavy atom. The van der Waals surface area contributed by atoms with Gasteiger partial charge in [-0.05, 0) is 26.2 Å². The first-order chi connectivity index (χ1) is 9.92. The molecule has 0 saturated heterocycles. The normalized spacial score (nSPS) is 16.3. The highest BCUT2D eigenvalue weighted by atomic mass is 35.5. The summed E-state index contributed by atoms with van der Waals surface area (Å²) in [5, 5.41) is 4.56. The van der Waals surface area contributed by atoms with Gasteiger partial charge in [0.1, 0.15) is 11.3 Å². The number of alkyl halides is 1. The van der Waals surface area contributed by atoms with Crippen LogP contribution in [-0.2, 0) is 13.5 Å². The van der Waals surface area contributed by atoms with Crippen LogP contribution in [0.2, 0.25) is 0 Å². The highest BCUT2D eigenvalue weighted by Crippen LogP contribution is 2.33. The van der Waals surface area contributed by atoms with E-state index in [0.29, 0.717) is 12.0 Å². The van der Waals surface area contributed by atoms with Gasteiger partial charge in [-0.2, -0.15) is 5.10 Å². The van der Waals surface area contributed by atoms with Crippen molar-refractivity contribution in [3.05, 3.63) is 11.5 Å². The molecule has 4 nitrogen and oxygen atoms in total. The molecule has 0 aliphatic rings. The Labute approximate surface area is 132 Å². The molecule has 0 aromatic carbocycles. The fraction of sp³-hybridized carbons (Fsp3) is 0.750. The molecule has 0 spiro atoms. The van der Waals surface area contributed by atoms with Gasteiger partial charge in [-0.15, -0.1) is 11.6 Å². The monoisotopic (exact) mass is 310 g/mol. The van der Waals surface area contributed by atoms with Crippen molar-refractivity contribution in [2.24, 2.45) is 13.0 Å². The second-order valence-electron chi connectivity index (χ2n) is 6.07. The van der Waals surface area contributed by atoms with Crippen LogP contribution >= 0.6 is 11.6 Å². The quantitative estimate of drug-likeness (QED) is 0.729. The fourth-order valence-electron chi connectivity index (χ4n) is 2.90. The molecule has 0 radical (unpaired) electrons. The average Bonchev–Trinajstić information content (AvgIpc) is 2.97. The van der Waals surface area contributed by atoms with Crippen LogP contribution in [0.1, 0.15) is 70.4 Å². The number of imidazole rings is 1. The van der Waals surface area contributed by atoms with Crippen LogP contribution in [0.5, 0.6) is 0 Å². The molecule has 0 aliphatic carbocycles. The van der Waals surface area contributed by atoms with Gasteiger partial charge in [-0.25, -0.2) is 4.98 Å². The van der Waals surface area contributed by atoms with Crippen molar-refractivity contribution < 1.29 is 0 Å². The standard InChI is InChI=1S/C16H27ClN4/c1-7-9-13-14-16(20(6)19-13)21(12(5)10(3)8-2)15(18-14)11(4)17/h10-12H,7-9H2,1-6H3. The van der Waals surface area contributed by atoms with E-state index in [9.17, 15) is 0 Å². The molecule has 0 N–H and O–H groups in total. The lowest BCUT2D eigenvalue weighted by molar-refractivity contribution is 0.364. The zero-order chi connectivity index (χ0) is 15.7. The van der Waals surface area contributed by atoms with E-state index < -0.39 is 0 Å². The molecular weight excluding hydrogens is 284 g/mol. The minimum absolute atomic E-state index is 0.0987. The lowest BCUT2D eigenvalue weighted by Gasteiger charge is -2.23. The molecule has 3 unspecified atom stereocenters. The average molecular weight is 311 g/mol. The maximum Gasteiger partial charge on any atom is 0.158 e. The number of halogens is 1. The molecule has 2 aromatic rings. The van der Waals surface area contributed by atoms with Crippen molar-refractivity contribution in [2.45, 2.75) is 65.3 Å². The third-order valence-electron chi connectivity index (χ3n) is 4.48. The summed E-state index contributed by atoms with van der Waals surface area (Å²) in [6.07, 6.45) is 3.17. The molecule has 2 rings (SSSR count). The number of aryl methyl sites for hydroxylation is 2. The van der Waals surface area contributed by atoms with E-state index in [-0.39, 0.29) is 5.38 Å². The number of hydrogen-bond acceptors (Lipinski definition) is 2. The van der Waals surface area contributed by atoms with Gasteiger partial charge in [-0.1, -0.05) is 33.6 Å². The van der Waals surface area contributed by atoms with Crippen molar-refractivity contribution in [3.63, 3.8) is 0 Å². The zero-order valence-corrected chi connectivity index (χ0v) is 14.8. The van der Waals surface area contributed by atoms with Gasteiger partial charge in [0.05, 0.1) is 11.1 Å². The Morgan fingerprint density at radius 2 is 1.86 bits per heavy atom. The van der Waals surface area contributed by atoms with E-state index in [1.807, 2.05) is 18.7 Å². The number of fused-ring (bicyclic) bond motifs is 1. The largest absolute Gasteiger partial charge is 0.309 e. The van der Waals surface area contributed by atoms with E-state index in [2.05, 4.69) is 37.4 Å². The molecule has 3 atom stereocenters. The lowest BCUT2D eigenvalue weighted by Crippen LogP contribution is -2.18. The van der Waals surface area contributed by atoms with Crippen molar-refractivity contribution in [1.82, 2.24) is 19.3 Å². The summed E-state index contributed by atoms with van der Waals surface area (Å²) in [5.41, 5.74) is 3.22. The minimum Gasteiger partial charge on any atom is -0.309 e. The van der Waals surface area contributed by atoms with Crippen molar-refractivity contribution >= 4 is 22.8 Å². The van der Waals surface area contributed by atoms with Gasteiger partial charge < -0.3 is 4.57 Å². The summed E-state index contributed by atoms with van der Waals surface area (Å²) in [5.74, 6) is 1.53. The molecule has 0 saturated carbocycles. The summed E-state index contributed by atoms with van der Waals surface area (Å²) in [6, 6.07) is 0.362. The lowest BCUT2D eigenvalue weighted by atomic mass is 10.0. The first-order valence-corrected chi connectivity index (χ1v) is 8.43. The van der Waals surface area contributed by atoms with Crippen LogP contribution in [0.25, 0.3) is 11.2 Å². The minimum atomic E-state index is -0.0987. The third-order valence-corrected chi connectivity index (χ3v) is 4.68. The van der Waals surface area contributed by atoms with Crippen LogP contribution in [0, 0.1) is 5.92 Å². The third kappa shape index (κ3) is 2.83. The predicted molar refractivity (Wildman–Crippen MR) is 88.9 cm³/mol. The molecule has 2 aromatic heterocycles. The van der Waals surface area contributed by atoms with E-state index in [0.717, 1.165) is 41.9 Å². The van der Waals surface area contributed by atoms with Crippen molar-refractivity contribution in [1.29, 1.82) is 0 Å². The highest BCUT2D eigenvalue weighted by Gasteiger charge is 2.26. The van der Waals surface area contributed by atoms with Gasteiger partial charge in [0.15, 0.2) is 5.65 Å². The predicted octanol–water partition coefficient (Wildman–Crippen LogP) is 4.63. The van der Waals surface area contributed by atoms with Crippen molar-refractivity contribution in [2.75, 3.05) is 0 Å². The fourth-order valence-corrected chi connectivity index (χ4v) is 3.06. The summed E-state index contributed by atoms with van der Waals surface area (Å²) in [6.45, 7) is 10.9. The zero-order valence-electron chi connectivity index (χ0n) is 14.0. The van der Waals surface area contributed by atoms with Crippen LogP contribution < -0.4 is 0 Å². The number of aromatic nitrogens is 4. The number of hydrogen-bond donors (Lipinski definition) is 0. The Bertz CT molecular complexity index is 611. The molecule has 118 valence electrons. The second-order valence-corrected chi connectivity index (χ2v) is 6.73. The Hall–Kier alpha value is -1.03. The number of nitrogens with zero attached hydrogens (tertiary/aromatic N) is 4. The topological polar surface area (TPSA) is 35.6 Å². The molecule has 21 heavy (non-hydrogen) atoms. The summed E-state index contributed by atoms with van der Waals surface area (Å²) >= 11 is 6.40. The van der Waals surface area contributed by atoms with E-state index >= 15 is 0 Å². The highest BCUT2D eigenvalue weighted by molar-refractivity contribution is 6.20. The first kappa shape index (κ1) is 16.3. The van der Waals surface area contributed by atoms with Crippen LogP contribution in [-0.4, -0.2) is 19.3 Å². The van der Waals surface area contributed by atoms with Gasteiger partial charge >= 0.3 is 0 Å². The van der Waals surface area contributed by atoms with E-state index in [4.69, 9.17) is 16.6 Å². The maximum absolute atomic E-state index is 6.40. The van der Waals surface area contributed by atoms with E-state index in [1.165, 1.54) is 0 Å². The first-order valence-electron chi connectivity index (χ1n) is 8.00. The van der Waals surface area contributed by atoms with Crippen molar-refractivity contribution in [3.8, 4) is 0 Å². The second kappa shape index (κ2) is 6.39. The van der Waals surface area contributed by atoms with Gasteiger partial charge in [0, 0.05) is 13.1 Å². The summed E-state index contributed by atoms with van der Waals surface area (Å²) in [7, 11) is 2.01. The molecule has 0 amide bonds. The Morgan fingerprint density at radius 3 is 2.38 bits per heavy atom.